The molecule has 3 aliphatic rings. The first kappa shape index (κ1) is 14.1. The van der Waals surface area contributed by atoms with Gasteiger partial charge < -0.3 is 4.90 Å². The van der Waals surface area contributed by atoms with E-state index in [-0.39, 0.29) is 5.56 Å². The van der Waals surface area contributed by atoms with Crippen LogP contribution in [0.5, 0.6) is 0 Å². The maximum absolute atomic E-state index is 12.0. The van der Waals surface area contributed by atoms with Crippen molar-refractivity contribution >= 4 is 5.82 Å². The first-order valence-electron chi connectivity index (χ1n) is 8.92. The number of hydrogen-bond donors (Lipinski definition) is 0. The molecule has 0 bridgehead atoms. The van der Waals surface area contributed by atoms with Crippen LogP contribution in [0.1, 0.15) is 49.0 Å². The molecule has 2 saturated carbocycles. The number of rotatable bonds is 5. The molecule has 1 aliphatic heterocycles. The predicted octanol–water partition coefficient (Wildman–Crippen LogP) is 1.92. The highest BCUT2D eigenvalue weighted by Crippen LogP contribution is 2.39. The molecule has 24 heavy (non-hydrogen) atoms. The van der Waals surface area contributed by atoms with E-state index in [1.165, 1.54) is 25.7 Å². The minimum atomic E-state index is 0.0101. The maximum atomic E-state index is 12.0. The van der Waals surface area contributed by atoms with E-state index in [1.54, 1.807) is 10.7 Å². The molecule has 0 amide bonds. The molecule has 6 heteroatoms. The van der Waals surface area contributed by atoms with Crippen molar-refractivity contribution in [2.24, 2.45) is 5.92 Å². The molecule has 0 radical (unpaired) electrons. The van der Waals surface area contributed by atoms with Gasteiger partial charge in [-0.2, -0.15) is 5.10 Å². The Balaban J connectivity index is 1.24. The SMILES string of the molecule is O=c1ccc(C2CC2)nn1CC1CN(c2ccnc(C3CC3)n2)C1. The third kappa shape index (κ3) is 2.70. The lowest BCUT2D eigenvalue weighted by Gasteiger charge is -2.40. The van der Waals surface area contributed by atoms with E-state index in [1.807, 2.05) is 18.3 Å². The molecule has 5 rings (SSSR count). The zero-order valence-corrected chi connectivity index (χ0v) is 13.6. The molecule has 0 unspecified atom stereocenters. The lowest BCUT2D eigenvalue weighted by atomic mass is 10.0. The summed E-state index contributed by atoms with van der Waals surface area (Å²) < 4.78 is 1.66. The summed E-state index contributed by atoms with van der Waals surface area (Å²) in [6.45, 7) is 2.57. The summed E-state index contributed by atoms with van der Waals surface area (Å²) in [4.78, 5) is 23.4. The molecule has 2 aliphatic carbocycles. The molecular formula is C18H21N5O. The van der Waals surface area contributed by atoms with Gasteiger partial charge in [0, 0.05) is 43.1 Å². The van der Waals surface area contributed by atoms with Crippen molar-refractivity contribution in [1.29, 1.82) is 0 Å². The van der Waals surface area contributed by atoms with Crippen LogP contribution in [0.3, 0.4) is 0 Å². The Labute approximate surface area is 140 Å². The number of nitrogens with zero attached hydrogens (tertiary/aromatic N) is 5. The summed E-state index contributed by atoms with van der Waals surface area (Å²) in [5.41, 5.74) is 1.09. The molecule has 0 spiro atoms. The normalized spacial score (nSPS) is 20.9. The molecule has 0 aromatic carbocycles. The summed E-state index contributed by atoms with van der Waals surface area (Å²) in [6.07, 6.45) is 6.73. The first-order valence-corrected chi connectivity index (χ1v) is 8.92. The summed E-state index contributed by atoms with van der Waals surface area (Å²) >= 11 is 0. The number of aromatic nitrogens is 4. The van der Waals surface area contributed by atoms with E-state index in [2.05, 4.69) is 15.0 Å². The van der Waals surface area contributed by atoms with Crippen LogP contribution < -0.4 is 10.5 Å². The van der Waals surface area contributed by atoms with Gasteiger partial charge >= 0.3 is 0 Å². The Morgan fingerprint density at radius 1 is 1.04 bits per heavy atom. The quantitative estimate of drug-likeness (QED) is 0.841. The standard InChI is InChI=1S/C18H21N5O/c24-17-6-5-15(13-1-2-13)21-23(17)11-12-9-22(10-12)16-7-8-19-18(20-16)14-3-4-14/h5-8,12-14H,1-4,9-11H2. The van der Waals surface area contributed by atoms with Crippen LogP contribution in [0, 0.1) is 5.92 Å². The number of anilines is 1. The predicted molar refractivity (Wildman–Crippen MR) is 90.2 cm³/mol. The van der Waals surface area contributed by atoms with Crippen molar-refractivity contribution < 1.29 is 0 Å². The van der Waals surface area contributed by atoms with Gasteiger partial charge in [0.1, 0.15) is 11.6 Å². The Morgan fingerprint density at radius 3 is 2.58 bits per heavy atom. The second-order valence-corrected chi connectivity index (χ2v) is 7.37. The van der Waals surface area contributed by atoms with E-state index in [9.17, 15) is 4.79 Å². The Morgan fingerprint density at radius 2 is 1.83 bits per heavy atom. The average Bonchev–Trinajstić information content (AvgIpc) is 3.45. The van der Waals surface area contributed by atoms with Gasteiger partial charge in [0.15, 0.2) is 0 Å². The van der Waals surface area contributed by atoms with Crippen LogP contribution >= 0.6 is 0 Å². The van der Waals surface area contributed by atoms with Gasteiger partial charge in [0.2, 0.25) is 0 Å². The molecule has 1 saturated heterocycles. The second kappa shape index (κ2) is 5.40. The fourth-order valence-electron chi connectivity index (χ4n) is 3.39. The fraction of sp³-hybridized carbons (Fsp3) is 0.556. The highest BCUT2D eigenvalue weighted by Gasteiger charge is 2.32. The van der Waals surface area contributed by atoms with Gasteiger partial charge in [0.05, 0.1) is 12.2 Å². The van der Waals surface area contributed by atoms with Gasteiger partial charge in [0.25, 0.3) is 5.56 Å². The van der Waals surface area contributed by atoms with Crippen LogP contribution in [0.25, 0.3) is 0 Å². The average molecular weight is 323 g/mol. The second-order valence-electron chi connectivity index (χ2n) is 7.37. The van der Waals surface area contributed by atoms with Crippen LogP contribution in [0.2, 0.25) is 0 Å². The highest BCUT2D eigenvalue weighted by atomic mass is 16.1. The monoisotopic (exact) mass is 323 g/mol. The van der Waals surface area contributed by atoms with Crippen molar-refractivity contribution in [3.63, 3.8) is 0 Å². The molecule has 0 atom stereocenters. The van der Waals surface area contributed by atoms with Gasteiger partial charge in [-0.15, -0.1) is 0 Å². The summed E-state index contributed by atoms with van der Waals surface area (Å²) in [5, 5.41) is 4.56. The molecule has 3 fully saturated rings. The molecule has 2 aromatic heterocycles. The van der Waals surface area contributed by atoms with Crippen molar-refractivity contribution in [1.82, 2.24) is 19.7 Å². The topological polar surface area (TPSA) is 63.9 Å². The van der Waals surface area contributed by atoms with E-state index in [4.69, 9.17) is 4.98 Å². The summed E-state index contributed by atoms with van der Waals surface area (Å²) in [7, 11) is 0. The number of hydrogen-bond acceptors (Lipinski definition) is 5. The van der Waals surface area contributed by atoms with Crippen LogP contribution in [0.15, 0.2) is 29.2 Å². The fourth-order valence-corrected chi connectivity index (χ4v) is 3.39. The third-order valence-corrected chi connectivity index (χ3v) is 5.20. The first-order chi connectivity index (χ1) is 11.8. The van der Waals surface area contributed by atoms with Gasteiger partial charge in [-0.25, -0.2) is 14.6 Å². The van der Waals surface area contributed by atoms with E-state index in [0.29, 0.717) is 24.3 Å². The molecule has 0 N–H and O–H groups in total. The summed E-state index contributed by atoms with van der Waals surface area (Å²) in [6, 6.07) is 5.55. The van der Waals surface area contributed by atoms with E-state index >= 15 is 0 Å². The molecule has 124 valence electrons. The van der Waals surface area contributed by atoms with Crippen molar-refractivity contribution in [3.8, 4) is 0 Å². The van der Waals surface area contributed by atoms with Crippen molar-refractivity contribution in [3.05, 3.63) is 46.3 Å². The van der Waals surface area contributed by atoms with Crippen LogP contribution in [-0.2, 0) is 6.54 Å². The Hall–Kier alpha value is -2.24. The van der Waals surface area contributed by atoms with Crippen molar-refractivity contribution in [2.75, 3.05) is 18.0 Å². The summed E-state index contributed by atoms with van der Waals surface area (Å²) in [5.74, 6) is 3.64. The molecule has 6 nitrogen and oxygen atoms in total. The minimum Gasteiger partial charge on any atom is -0.356 e. The van der Waals surface area contributed by atoms with Crippen LogP contribution in [0.4, 0.5) is 5.82 Å². The van der Waals surface area contributed by atoms with Gasteiger partial charge in [-0.05, 0) is 37.8 Å². The zero-order chi connectivity index (χ0) is 16.1. The third-order valence-electron chi connectivity index (χ3n) is 5.20. The smallest absolute Gasteiger partial charge is 0.266 e. The zero-order valence-electron chi connectivity index (χ0n) is 13.6. The lowest BCUT2D eigenvalue weighted by Crippen LogP contribution is -2.50. The van der Waals surface area contributed by atoms with Gasteiger partial charge in [-0.3, -0.25) is 4.79 Å². The largest absolute Gasteiger partial charge is 0.356 e. The maximum Gasteiger partial charge on any atom is 0.266 e. The molecule has 2 aromatic rings. The molecule has 3 heterocycles. The van der Waals surface area contributed by atoms with Crippen molar-refractivity contribution in [2.45, 2.75) is 44.1 Å². The molecular weight excluding hydrogens is 302 g/mol. The Bertz CT molecular complexity index is 818. The van der Waals surface area contributed by atoms with E-state index < -0.39 is 0 Å². The van der Waals surface area contributed by atoms with Gasteiger partial charge in [-0.1, -0.05) is 0 Å². The lowest BCUT2D eigenvalue weighted by molar-refractivity contribution is 0.331. The van der Waals surface area contributed by atoms with Crippen LogP contribution in [-0.4, -0.2) is 32.8 Å². The minimum absolute atomic E-state index is 0.0101. The highest BCUT2D eigenvalue weighted by molar-refractivity contribution is 5.41. The Kier molecular flexibility index (Phi) is 3.18. The van der Waals surface area contributed by atoms with E-state index in [0.717, 1.165) is 30.4 Å².